The number of carbonyl (C=O) groups excluding carboxylic acids is 2. The number of anilines is 2. The van der Waals surface area contributed by atoms with Gasteiger partial charge in [0, 0.05) is 24.8 Å². The maximum Gasteiger partial charge on any atom is 0.254 e. The standard InChI is InChI=1S/C20H26N8O2/c21-17(29)14-10-23-20(26-16(18(22)30)11-4-2-1-3-5-11)27-19(14)25-13-7-6-12-9-24-28-15(12)8-13/h1-5,10,12-13,15-16,24,28H,6-9H2,(H2,21,29)(H2,22,30)(H2,23,25,26,27)/t12?,13?,15?,16-/m1/s1. The highest BCUT2D eigenvalue weighted by atomic mass is 16.1. The third-order valence-electron chi connectivity index (χ3n) is 5.73. The lowest BCUT2D eigenvalue weighted by molar-refractivity contribution is -0.118. The van der Waals surface area contributed by atoms with Gasteiger partial charge in [-0.2, -0.15) is 4.98 Å². The molecule has 1 aromatic heterocycles. The maximum absolute atomic E-state index is 12.0. The summed E-state index contributed by atoms with van der Waals surface area (Å²) in [6.45, 7) is 0.972. The van der Waals surface area contributed by atoms with Crippen LogP contribution in [0.15, 0.2) is 36.5 Å². The fraction of sp³-hybridized carbons (Fsp3) is 0.400. The molecule has 0 radical (unpaired) electrons. The molecule has 0 spiro atoms. The summed E-state index contributed by atoms with van der Waals surface area (Å²) in [7, 11) is 0. The first kappa shape index (κ1) is 20.0. The first-order valence-electron chi connectivity index (χ1n) is 10.0. The molecule has 2 aliphatic rings. The van der Waals surface area contributed by atoms with Crippen LogP contribution in [0.5, 0.6) is 0 Å². The number of nitrogens with zero attached hydrogens (tertiary/aromatic N) is 2. The Morgan fingerprint density at radius 1 is 1.17 bits per heavy atom. The zero-order valence-corrected chi connectivity index (χ0v) is 16.5. The fourth-order valence-corrected chi connectivity index (χ4v) is 4.13. The number of primary amides is 2. The number of aromatic nitrogens is 2. The monoisotopic (exact) mass is 410 g/mol. The number of benzene rings is 1. The van der Waals surface area contributed by atoms with Crippen molar-refractivity contribution in [1.82, 2.24) is 20.8 Å². The summed E-state index contributed by atoms with van der Waals surface area (Å²) < 4.78 is 0. The molecule has 10 nitrogen and oxygen atoms in total. The van der Waals surface area contributed by atoms with Gasteiger partial charge in [-0.05, 0) is 30.7 Å². The molecule has 0 bridgehead atoms. The molecule has 4 atom stereocenters. The van der Waals surface area contributed by atoms with Crippen LogP contribution in [0, 0.1) is 5.92 Å². The topological polar surface area (TPSA) is 160 Å². The number of nitrogens with one attached hydrogen (secondary N) is 4. The van der Waals surface area contributed by atoms with Crippen LogP contribution in [0.3, 0.4) is 0 Å². The predicted octanol–water partition coefficient (Wildman–Crippen LogP) is 0.271. The van der Waals surface area contributed by atoms with E-state index < -0.39 is 17.9 Å². The summed E-state index contributed by atoms with van der Waals surface area (Å²) in [4.78, 5) is 32.5. The van der Waals surface area contributed by atoms with Crippen LogP contribution in [0.1, 0.15) is 41.2 Å². The van der Waals surface area contributed by atoms with Crippen molar-refractivity contribution in [2.75, 3.05) is 17.2 Å². The fourth-order valence-electron chi connectivity index (χ4n) is 4.13. The highest BCUT2D eigenvalue weighted by Crippen LogP contribution is 2.29. The molecule has 3 unspecified atom stereocenters. The second-order valence-electron chi connectivity index (χ2n) is 7.76. The summed E-state index contributed by atoms with van der Waals surface area (Å²) in [5.74, 6) is -0.0250. The molecule has 8 N–H and O–H groups in total. The van der Waals surface area contributed by atoms with E-state index in [0.717, 1.165) is 25.8 Å². The highest BCUT2D eigenvalue weighted by molar-refractivity contribution is 5.97. The van der Waals surface area contributed by atoms with Gasteiger partial charge in [-0.1, -0.05) is 30.3 Å². The minimum atomic E-state index is -0.803. The number of hydrogen-bond donors (Lipinski definition) is 6. The predicted molar refractivity (Wildman–Crippen MR) is 112 cm³/mol. The summed E-state index contributed by atoms with van der Waals surface area (Å²) in [5, 5.41) is 6.31. The molecule has 1 saturated carbocycles. The Labute approximate surface area is 174 Å². The van der Waals surface area contributed by atoms with E-state index in [4.69, 9.17) is 11.5 Å². The number of rotatable bonds is 7. The van der Waals surface area contributed by atoms with Crippen molar-refractivity contribution in [3.8, 4) is 0 Å². The van der Waals surface area contributed by atoms with Crippen molar-refractivity contribution in [1.29, 1.82) is 0 Å². The second-order valence-corrected chi connectivity index (χ2v) is 7.76. The molecular weight excluding hydrogens is 384 g/mol. The lowest BCUT2D eigenvalue weighted by Gasteiger charge is -2.32. The lowest BCUT2D eigenvalue weighted by Crippen LogP contribution is -2.41. The van der Waals surface area contributed by atoms with Crippen LogP contribution in [-0.2, 0) is 4.79 Å². The molecule has 1 aliphatic carbocycles. The van der Waals surface area contributed by atoms with E-state index in [1.54, 1.807) is 12.1 Å². The van der Waals surface area contributed by atoms with Crippen LogP contribution >= 0.6 is 0 Å². The summed E-state index contributed by atoms with van der Waals surface area (Å²) >= 11 is 0. The number of hydrazine groups is 1. The maximum atomic E-state index is 12.0. The SMILES string of the molecule is NC(=O)c1cnc(N[C@@H](C(N)=O)c2ccccc2)nc1NC1CCC2CNNC2C1. The Morgan fingerprint density at radius 3 is 2.70 bits per heavy atom. The Balaban J connectivity index is 1.55. The van der Waals surface area contributed by atoms with Crippen molar-refractivity contribution >= 4 is 23.6 Å². The molecule has 10 heteroatoms. The molecule has 2 amide bonds. The van der Waals surface area contributed by atoms with Gasteiger partial charge in [0.1, 0.15) is 11.9 Å². The van der Waals surface area contributed by atoms with Gasteiger partial charge >= 0.3 is 0 Å². The van der Waals surface area contributed by atoms with Crippen LogP contribution in [0.2, 0.25) is 0 Å². The van der Waals surface area contributed by atoms with E-state index in [9.17, 15) is 9.59 Å². The summed E-state index contributed by atoms with van der Waals surface area (Å²) in [6, 6.07) is 8.79. The van der Waals surface area contributed by atoms with Crippen molar-refractivity contribution in [3.63, 3.8) is 0 Å². The molecule has 4 rings (SSSR count). The van der Waals surface area contributed by atoms with E-state index in [-0.39, 0.29) is 17.6 Å². The number of fused-ring (bicyclic) bond motifs is 1. The van der Waals surface area contributed by atoms with Crippen molar-refractivity contribution in [3.05, 3.63) is 47.7 Å². The van der Waals surface area contributed by atoms with E-state index in [0.29, 0.717) is 23.3 Å². The van der Waals surface area contributed by atoms with E-state index in [1.165, 1.54) is 6.20 Å². The van der Waals surface area contributed by atoms with Gasteiger partial charge in [-0.25, -0.2) is 4.98 Å². The smallest absolute Gasteiger partial charge is 0.254 e. The van der Waals surface area contributed by atoms with Crippen LogP contribution in [0.25, 0.3) is 0 Å². The Kier molecular flexibility index (Phi) is 5.77. The van der Waals surface area contributed by atoms with Gasteiger partial charge in [0.15, 0.2) is 0 Å². The summed E-state index contributed by atoms with van der Waals surface area (Å²) in [5.41, 5.74) is 18.5. The Morgan fingerprint density at radius 2 is 1.97 bits per heavy atom. The minimum absolute atomic E-state index is 0.139. The average Bonchev–Trinajstić information content (AvgIpc) is 3.20. The highest BCUT2D eigenvalue weighted by Gasteiger charge is 2.34. The number of carbonyl (C=O) groups is 2. The van der Waals surface area contributed by atoms with E-state index >= 15 is 0 Å². The van der Waals surface area contributed by atoms with Gasteiger partial charge < -0.3 is 22.1 Å². The Bertz CT molecular complexity index is 922. The second kappa shape index (κ2) is 8.64. The zero-order chi connectivity index (χ0) is 21.1. The zero-order valence-electron chi connectivity index (χ0n) is 16.5. The van der Waals surface area contributed by atoms with Crippen LogP contribution in [-0.4, -0.2) is 40.4 Å². The number of hydrogen-bond acceptors (Lipinski definition) is 8. The number of nitrogens with two attached hydrogens (primary N) is 2. The average molecular weight is 410 g/mol. The van der Waals surface area contributed by atoms with Gasteiger partial charge in [0.2, 0.25) is 11.9 Å². The first-order chi connectivity index (χ1) is 14.5. The summed E-state index contributed by atoms with van der Waals surface area (Å²) in [6.07, 6.45) is 4.30. The molecule has 2 heterocycles. The van der Waals surface area contributed by atoms with Crippen molar-refractivity contribution < 1.29 is 9.59 Å². The van der Waals surface area contributed by atoms with Crippen molar-refractivity contribution in [2.24, 2.45) is 17.4 Å². The van der Waals surface area contributed by atoms with Gasteiger partial charge in [0.25, 0.3) is 5.91 Å². The molecule has 1 aromatic carbocycles. The van der Waals surface area contributed by atoms with Gasteiger partial charge in [0.05, 0.1) is 5.56 Å². The number of amides is 2. The van der Waals surface area contributed by atoms with E-state index in [2.05, 4.69) is 31.5 Å². The molecular formula is C20H26N8O2. The quantitative estimate of drug-likeness (QED) is 0.379. The molecule has 2 fully saturated rings. The largest absolute Gasteiger partial charge is 0.368 e. The van der Waals surface area contributed by atoms with Crippen LogP contribution < -0.4 is 33.0 Å². The molecule has 2 aromatic rings. The minimum Gasteiger partial charge on any atom is -0.368 e. The first-order valence-corrected chi connectivity index (χ1v) is 10.0. The molecule has 1 saturated heterocycles. The molecule has 158 valence electrons. The van der Waals surface area contributed by atoms with Gasteiger partial charge in [-0.3, -0.25) is 20.4 Å². The van der Waals surface area contributed by atoms with Crippen LogP contribution in [0.4, 0.5) is 11.8 Å². The van der Waals surface area contributed by atoms with Crippen molar-refractivity contribution in [2.45, 2.75) is 37.4 Å². The van der Waals surface area contributed by atoms with E-state index in [1.807, 2.05) is 18.2 Å². The molecule has 1 aliphatic heterocycles. The third-order valence-corrected chi connectivity index (χ3v) is 5.73. The third kappa shape index (κ3) is 4.34. The lowest BCUT2D eigenvalue weighted by atomic mass is 9.83. The molecule has 30 heavy (non-hydrogen) atoms. The van der Waals surface area contributed by atoms with Gasteiger partial charge in [-0.15, -0.1) is 0 Å². The normalized spacial score (nSPS) is 23.9. The Hall–Kier alpha value is -3.24.